The van der Waals surface area contributed by atoms with Gasteiger partial charge in [0, 0.05) is 13.1 Å². The molecule has 0 aliphatic carbocycles. The quantitative estimate of drug-likeness (QED) is 0.696. The molecule has 1 aromatic heterocycles. The molecule has 0 aliphatic rings. The number of nitrogens with zero attached hydrogens (tertiary/aromatic N) is 1. The maximum absolute atomic E-state index is 9.85. The highest BCUT2D eigenvalue weighted by Gasteiger charge is 2.09. The van der Waals surface area contributed by atoms with Gasteiger partial charge in [0.05, 0.1) is 6.26 Å². The van der Waals surface area contributed by atoms with Crippen molar-refractivity contribution in [3.63, 3.8) is 0 Å². The van der Waals surface area contributed by atoms with Crippen molar-refractivity contribution in [2.45, 2.75) is 19.1 Å². The highest BCUT2D eigenvalue weighted by atomic mass is 16.4. The molecule has 4 nitrogen and oxygen atoms in total. The molecule has 0 radical (unpaired) electrons. The summed E-state index contributed by atoms with van der Waals surface area (Å²) in [6, 6.07) is 14.1. The smallest absolute Gasteiger partial charge is 0.133 e. The molecule has 1 aromatic carbocycles. The molecule has 1 unspecified atom stereocenters. The fourth-order valence-corrected chi connectivity index (χ4v) is 2.27. The Morgan fingerprint density at radius 2 is 2.00 bits per heavy atom. The van der Waals surface area contributed by atoms with E-state index in [1.54, 1.807) is 18.4 Å². The normalized spacial score (nSPS) is 12.7. The summed E-state index contributed by atoms with van der Waals surface area (Å²) >= 11 is 0. The van der Waals surface area contributed by atoms with Crippen molar-refractivity contribution >= 4 is 0 Å². The number of benzene rings is 1. The van der Waals surface area contributed by atoms with Crippen LogP contribution in [0.5, 0.6) is 0 Å². The maximum Gasteiger partial charge on any atom is 0.133 e. The van der Waals surface area contributed by atoms with Crippen LogP contribution in [0.2, 0.25) is 0 Å². The summed E-state index contributed by atoms with van der Waals surface area (Å²) in [5.74, 6) is 0.615. The summed E-state index contributed by atoms with van der Waals surface area (Å²) in [5, 5.41) is 13.1. The molecular weight excluding hydrogens is 264 g/mol. The molecule has 21 heavy (non-hydrogen) atoms. The number of hydrogen-bond acceptors (Lipinski definition) is 4. The van der Waals surface area contributed by atoms with Gasteiger partial charge in [-0.25, -0.2) is 0 Å². The Morgan fingerprint density at radius 3 is 2.71 bits per heavy atom. The lowest BCUT2D eigenvalue weighted by Crippen LogP contribution is -2.26. The van der Waals surface area contributed by atoms with Crippen LogP contribution in [0.25, 0.3) is 0 Å². The average molecular weight is 288 g/mol. The molecule has 0 fully saturated rings. The Morgan fingerprint density at radius 1 is 1.19 bits per heavy atom. The van der Waals surface area contributed by atoms with E-state index >= 15 is 0 Å². The zero-order valence-corrected chi connectivity index (χ0v) is 12.5. The highest BCUT2D eigenvalue weighted by Crippen LogP contribution is 2.11. The highest BCUT2D eigenvalue weighted by molar-refractivity contribution is 5.14. The average Bonchev–Trinajstić information content (AvgIpc) is 3.02. The molecular formula is C17H24N2O2. The first-order chi connectivity index (χ1) is 10.3. The van der Waals surface area contributed by atoms with Crippen LogP contribution in [0, 0.1) is 0 Å². The fraction of sp³-hybridized carbons (Fsp3) is 0.412. The summed E-state index contributed by atoms with van der Waals surface area (Å²) in [5.41, 5.74) is 1.33. The zero-order chi connectivity index (χ0) is 14.9. The van der Waals surface area contributed by atoms with Gasteiger partial charge in [0.2, 0.25) is 0 Å². The first-order valence-electron chi connectivity index (χ1n) is 7.40. The molecule has 1 atom stereocenters. The summed E-state index contributed by atoms with van der Waals surface area (Å²) in [6.45, 7) is 3.40. The molecule has 4 heteroatoms. The SMILES string of the molecule is CN(CCCNCC(O)c1ccco1)Cc1ccccc1. The van der Waals surface area contributed by atoms with Crippen molar-refractivity contribution in [2.24, 2.45) is 0 Å². The number of furan rings is 1. The van der Waals surface area contributed by atoms with Crippen LogP contribution in [0.3, 0.4) is 0 Å². The minimum atomic E-state index is -0.568. The van der Waals surface area contributed by atoms with Gasteiger partial charge in [0.15, 0.2) is 0 Å². The Bertz CT molecular complexity index is 485. The second-order valence-corrected chi connectivity index (χ2v) is 5.31. The van der Waals surface area contributed by atoms with Crippen molar-refractivity contribution in [3.05, 3.63) is 60.1 Å². The number of nitrogens with one attached hydrogen (secondary N) is 1. The largest absolute Gasteiger partial charge is 0.467 e. The predicted molar refractivity (Wildman–Crippen MR) is 83.9 cm³/mol. The summed E-state index contributed by atoms with van der Waals surface area (Å²) in [7, 11) is 2.13. The molecule has 0 saturated heterocycles. The Hall–Kier alpha value is -1.62. The molecule has 0 amide bonds. The lowest BCUT2D eigenvalue weighted by Gasteiger charge is -2.17. The van der Waals surface area contributed by atoms with E-state index < -0.39 is 6.10 Å². The van der Waals surface area contributed by atoms with E-state index in [4.69, 9.17) is 4.42 Å². The van der Waals surface area contributed by atoms with Crippen molar-refractivity contribution in [1.82, 2.24) is 10.2 Å². The van der Waals surface area contributed by atoms with Crippen molar-refractivity contribution in [2.75, 3.05) is 26.7 Å². The number of aliphatic hydroxyl groups is 1. The molecule has 0 bridgehead atoms. The number of rotatable bonds is 9. The monoisotopic (exact) mass is 288 g/mol. The van der Waals surface area contributed by atoms with Crippen LogP contribution in [-0.2, 0) is 6.54 Å². The lowest BCUT2D eigenvalue weighted by atomic mass is 10.2. The zero-order valence-electron chi connectivity index (χ0n) is 12.5. The predicted octanol–water partition coefficient (Wildman–Crippen LogP) is 2.42. The number of aliphatic hydroxyl groups excluding tert-OH is 1. The molecule has 2 N–H and O–H groups in total. The molecule has 2 rings (SSSR count). The van der Waals surface area contributed by atoms with Gasteiger partial charge in [-0.05, 0) is 44.3 Å². The Balaban J connectivity index is 1.55. The third-order valence-electron chi connectivity index (χ3n) is 3.40. The second-order valence-electron chi connectivity index (χ2n) is 5.31. The van der Waals surface area contributed by atoms with Gasteiger partial charge in [-0.15, -0.1) is 0 Å². The third kappa shape index (κ3) is 5.71. The van der Waals surface area contributed by atoms with Crippen LogP contribution in [0.15, 0.2) is 53.1 Å². The summed E-state index contributed by atoms with van der Waals surface area (Å²) in [4.78, 5) is 2.31. The van der Waals surface area contributed by atoms with E-state index in [2.05, 4.69) is 41.5 Å². The van der Waals surface area contributed by atoms with E-state index in [0.29, 0.717) is 12.3 Å². The molecule has 114 valence electrons. The first kappa shape index (κ1) is 15.8. The van der Waals surface area contributed by atoms with Crippen LogP contribution in [0.4, 0.5) is 0 Å². The van der Waals surface area contributed by atoms with Gasteiger partial charge in [-0.2, -0.15) is 0 Å². The van der Waals surface area contributed by atoms with Crippen LogP contribution >= 0.6 is 0 Å². The summed E-state index contributed by atoms with van der Waals surface area (Å²) in [6.07, 6.45) is 2.06. The van der Waals surface area contributed by atoms with Gasteiger partial charge >= 0.3 is 0 Å². The van der Waals surface area contributed by atoms with Crippen molar-refractivity contribution in [1.29, 1.82) is 0 Å². The van der Waals surface area contributed by atoms with Gasteiger partial charge in [-0.3, -0.25) is 0 Å². The Labute approximate surface area is 126 Å². The Kier molecular flexibility index (Phi) is 6.47. The first-order valence-corrected chi connectivity index (χ1v) is 7.40. The van der Waals surface area contributed by atoms with Crippen LogP contribution < -0.4 is 5.32 Å². The minimum Gasteiger partial charge on any atom is -0.467 e. The van der Waals surface area contributed by atoms with Crippen LogP contribution in [0.1, 0.15) is 23.8 Å². The molecule has 0 saturated carbocycles. The fourth-order valence-electron chi connectivity index (χ4n) is 2.27. The topological polar surface area (TPSA) is 48.6 Å². The molecule has 0 spiro atoms. The van der Waals surface area contributed by atoms with Gasteiger partial charge in [0.1, 0.15) is 11.9 Å². The van der Waals surface area contributed by atoms with Gasteiger partial charge in [0.25, 0.3) is 0 Å². The minimum absolute atomic E-state index is 0.524. The summed E-state index contributed by atoms with van der Waals surface area (Å²) < 4.78 is 5.16. The molecule has 0 aliphatic heterocycles. The van der Waals surface area contributed by atoms with Gasteiger partial charge in [-0.1, -0.05) is 30.3 Å². The van der Waals surface area contributed by atoms with E-state index in [9.17, 15) is 5.11 Å². The van der Waals surface area contributed by atoms with E-state index in [0.717, 1.165) is 26.1 Å². The van der Waals surface area contributed by atoms with Crippen molar-refractivity contribution in [3.8, 4) is 0 Å². The van der Waals surface area contributed by atoms with Gasteiger partial charge < -0.3 is 19.7 Å². The standard InChI is InChI=1S/C17H24N2O2/c1-19(14-15-7-3-2-4-8-15)11-6-10-18-13-16(20)17-9-5-12-21-17/h2-5,7-9,12,16,18,20H,6,10-11,13-14H2,1H3. The lowest BCUT2D eigenvalue weighted by molar-refractivity contribution is 0.147. The van der Waals surface area contributed by atoms with E-state index in [-0.39, 0.29) is 0 Å². The maximum atomic E-state index is 9.85. The molecule has 1 heterocycles. The number of hydrogen-bond donors (Lipinski definition) is 2. The molecule has 2 aromatic rings. The van der Waals surface area contributed by atoms with E-state index in [1.807, 2.05) is 6.07 Å². The van der Waals surface area contributed by atoms with E-state index in [1.165, 1.54) is 5.56 Å². The second kappa shape index (κ2) is 8.62. The van der Waals surface area contributed by atoms with Crippen LogP contribution in [-0.4, -0.2) is 36.7 Å². The van der Waals surface area contributed by atoms with Crippen molar-refractivity contribution < 1.29 is 9.52 Å². The third-order valence-corrected chi connectivity index (χ3v) is 3.40.